The number of hydrogen-bond acceptors (Lipinski definition) is 3. The summed E-state index contributed by atoms with van der Waals surface area (Å²) in [5, 5.41) is 12.4. The molecule has 0 aliphatic carbocycles. The number of nitriles is 1. The number of hydrogen-bond donors (Lipinski definition) is 1. The smallest absolute Gasteiger partial charge is 0.0643 e. The van der Waals surface area contributed by atoms with Crippen LogP contribution in [0.3, 0.4) is 0 Å². The van der Waals surface area contributed by atoms with Crippen LogP contribution in [-0.2, 0) is 0 Å². The molecule has 18 heavy (non-hydrogen) atoms. The highest BCUT2D eigenvalue weighted by atomic mass is 79.9. The molecular formula is C14H18BrN3. The molecule has 0 aromatic heterocycles. The molecule has 1 N–H and O–H groups in total. The van der Waals surface area contributed by atoms with Crippen molar-refractivity contribution in [2.75, 3.05) is 18.0 Å². The number of halogens is 1. The van der Waals surface area contributed by atoms with Crippen molar-refractivity contribution in [3.63, 3.8) is 0 Å². The molecule has 0 bridgehead atoms. The topological polar surface area (TPSA) is 39.1 Å². The molecule has 0 saturated carbocycles. The van der Waals surface area contributed by atoms with E-state index in [-0.39, 0.29) is 6.04 Å². The molecule has 1 aliphatic heterocycles. The molecule has 2 unspecified atom stereocenters. The van der Waals surface area contributed by atoms with E-state index >= 15 is 0 Å². The second-order valence-electron chi connectivity index (χ2n) is 4.75. The van der Waals surface area contributed by atoms with Crippen molar-refractivity contribution in [3.8, 4) is 6.07 Å². The van der Waals surface area contributed by atoms with E-state index in [2.05, 4.69) is 51.3 Å². The van der Waals surface area contributed by atoms with Crippen LogP contribution in [0.15, 0.2) is 28.7 Å². The Labute approximate surface area is 117 Å². The van der Waals surface area contributed by atoms with Gasteiger partial charge >= 0.3 is 0 Å². The van der Waals surface area contributed by atoms with Crippen molar-refractivity contribution < 1.29 is 0 Å². The van der Waals surface area contributed by atoms with Gasteiger partial charge in [0.1, 0.15) is 0 Å². The number of nitrogens with one attached hydrogen (secondary N) is 1. The van der Waals surface area contributed by atoms with Gasteiger partial charge in [0.15, 0.2) is 0 Å². The Morgan fingerprint density at radius 2 is 2.39 bits per heavy atom. The van der Waals surface area contributed by atoms with Gasteiger partial charge in [0.25, 0.3) is 0 Å². The van der Waals surface area contributed by atoms with Crippen molar-refractivity contribution in [1.82, 2.24) is 5.32 Å². The van der Waals surface area contributed by atoms with E-state index < -0.39 is 0 Å². The van der Waals surface area contributed by atoms with Crippen LogP contribution in [0.25, 0.3) is 0 Å². The third kappa shape index (κ3) is 3.04. The van der Waals surface area contributed by atoms with Gasteiger partial charge in [-0.2, -0.15) is 5.26 Å². The first-order valence-electron chi connectivity index (χ1n) is 6.34. The maximum absolute atomic E-state index is 9.00. The van der Waals surface area contributed by atoms with Crippen LogP contribution < -0.4 is 10.2 Å². The molecule has 1 aromatic carbocycles. The zero-order chi connectivity index (χ0) is 13.0. The lowest BCUT2D eigenvalue weighted by Crippen LogP contribution is -2.43. The minimum absolute atomic E-state index is 0.252. The predicted molar refractivity (Wildman–Crippen MR) is 77.6 cm³/mol. The maximum Gasteiger partial charge on any atom is 0.0643 e. The highest BCUT2D eigenvalue weighted by molar-refractivity contribution is 9.10. The van der Waals surface area contributed by atoms with E-state index in [1.807, 2.05) is 12.1 Å². The Morgan fingerprint density at radius 3 is 3.11 bits per heavy atom. The molecule has 1 aromatic rings. The van der Waals surface area contributed by atoms with Crippen molar-refractivity contribution in [2.45, 2.75) is 31.8 Å². The largest absolute Gasteiger partial charge is 0.363 e. The maximum atomic E-state index is 9.00. The molecule has 0 spiro atoms. The van der Waals surface area contributed by atoms with Gasteiger partial charge in [-0.1, -0.05) is 22.0 Å². The highest BCUT2D eigenvalue weighted by Gasteiger charge is 2.26. The second-order valence-corrected chi connectivity index (χ2v) is 5.66. The monoisotopic (exact) mass is 307 g/mol. The van der Waals surface area contributed by atoms with Crippen LogP contribution in [0.5, 0.6) is 0 Å². The lowest BCUT2D eigenvalue weighted by Gasteiger charge is -2.35. The zero-order valence-corrected chi connectivity index (χ0v) is 12.2. The molecule has 1 fully saturated rings. The van der Waals surface area contributed by atoms with Crippen LogP contribution in [0, 0.1) is 11.3 Å². The van der Waals surface area contributed by atoms with Crippen LogP contribution in [-0.4, -0.2) is 25.2 Å². The fourth-order valence-corrected chi connectivity index (χ4v) is 2.94. The molecule has 0 radical (unpaired) electrons. The summed E-state index contributed by atoms with van der Waals surface area (Å²) < 4.78 is 1.08. The van der Waals surface area contributed by atoms with Crippen LogP contribution in [0.2, 0.25) is 0 Å². The average Bonchev–Trinajstić information content (AvgIpc) is 2.52. The first-order valence-corrected chi connectivity index (χ1v) is 7.13. The van der Waals surface area contributed by atoms with E-state index in [0.717, 1.165) is 24.0 Å². The Hall–Kier alpha value is -1.05. The molecule has 1 saturated heterocycles. The van der Waals surface area contributed by atoms with Crippen molar-refractivity contribution in [1.29, 1.82) is 5.26 Å². The van der Waals surface area contributed by atoms with Gasteiger partial charge in [0.2, 0.25) is 0 Å². The van der Waals surface area contributed by atoms with Gasteiger partial charge in [-0.05, 0) is 38.1 Å². The van der Waals surface area contributed by atoms with E-state index in [0.29, 0.717) is 12.5 Å². The minimum Gasteiger partial charge on any atom is -0.363 e. The molecule has 2 rings (SSSR count). The summed E-state index contributed by atoms with van der Waals surface area (Å²) in [5.74, 6) is 0. The minimum atomic E-state index is 0.252. The average molecular weight is 308 g/mol. The normalized spacial score (nSPS) is 24.4. The lowest BCUT2D eigenvalue weighted by molar-refractivity contribution is 0.551. The third-order valence-corrected chi connectivity index (χ3v) is 3.91. The highest BCUT2D eigenvalue weighted by Crippen LogP contribution is 2.26. The van der Waals surface area contributed by atoms with Crippen molar-refractivity contribution >= 4 is 21.6 Å². The zero-order valence-electron chi connectivity index (χ0n) is 10.6. The fraction of sp³-hybridized carbons (Fsp3) is 0.500. The molecule has 0 amide bonds. The first kappa shape index (κ1) is 13.4. The first-order chi connectivity index (χ1) is 8.72. The van der Waals surface area contributed by atoms with Crippen LogP contribution in [0.1, 0.15) is 19.8 Å². The summed E-state index contributed by atoms with van der Waals surface area (Å²) in [6.07, 6.45) is 1.66. The predicted octanol–water partition coefficient (Wildman–Crippen LogP) is 2.92. The Kier molecular flexibility index (Phi) is 4.62. The summed E-state index contributed by atoms with van der Waals surface area (Å²) in [6.45, 7) is 4.14. The molecule has 3 nitrogen and oxygen atoms in total. The van der Waals surface area contributed by atoms with Gasteiger partial charge in [0, 0.05) is 22.7 Å². The fourth-order valence-electron chi connectivity index (χ4n) is 2.55. The van der Waals surface area contributed by atoms with Gasteiger partial charge in [-0.25, -0.2) is 0 Å². The number of anilines is 1. The van der Waals surface area contributed by atoms with E-state index in [1.165, 1.54) is 5.69 Å². The summed E-state index contributed by atoms with van der Waals surface area (Å²) in [6, 6.07) is 11.3. The van der Waals surface area contributed by atoms with Crippen LogP contribution >= 0.6 is 15.9 Å². The van der Waals surface area contributed by atoms with Crippen molar-refractivity contribution in [2.24, 2.45) is 0 Å². The van der Waals surface area contributed by atoms with Crippen LogP contribution in [0.4, 0.5) is 5.69 Å². The Bertz CT molecular complexity index is 441. The van der Waals surface area contributed by atoms with Gasteiger partial charge in [-0.3, -0.25) is 0 Å². The standard InChI is InChI=1S/C14H18BrN3/c1-11-6-8-17-10-14(5-7-16)18(11)13-4-2-3-12(15)9-13/h2-4,9,11,14,17H,5-6,8,10H2,1H3. The van der Waals surface area contributed by atoms with Gasteiger partial charge < -0.3 is 10.2 Å². The van der Waals surface area contributed by atoms with Gasteiger partial charge in [0.05, 0.1) is 18.5 Å². The van der Waals surface area contributed by atoms with Gasteiger partial charge in [-0.15, -0.1) is 0 Å². The molecule has 1 aliphatic rings. The summed E-state index contributed by atoms with van der Waals surface area (Å²) in [5.41, 5.74) is 1.20. The summed E-state index contributed by atoms with van der Waals surface area (Å²) >= 11 is 3.52. The van der Waals surface area contributed by atoms with E-state index in [4.69, 9.17) is 5.26 Å². The number of nitrogens with zero attached hydrogens (tertiary/aromatic N) is 2. The lowest BCUT2D eigenvalue weighted by atomic mass is 10.1. The quantitative estimate of drug-likeness (QED) is 0.913. The Balaban J connectivity index is 2.31. The molecule has 96 valence electrons. The molecular weight excluding hydrogens is 290 g/mol. The number of benzene rings is 1. The molecule has 2 atom stereocenters. The number of rotatable bonds is 2. The van der Waals surface area contributed by atoms with E-state index in [9.17, 15) is 0 Å². The summed E-state index contributed by atoms with van der Waals surface area (Å²) in [4.78, 5) is 2.38. The molecule has 4 heteroatoms. The Morgan fingerprint density at radius 1 is 1.56 bits per heavy atom. The third-order valence-electron chi connectivity index (χ3n) is 3.42. The molecule has 1 heterocycles. The SMILES string of the molecule is CC1CCNCC(CC#N)N1c1cccc(Br)c1. The second kappa shape index (κ2) is 6.21. The summed E-state index contributed by atoms with van der Waals surface area (Å²) in [7, 11) is 0. The van der Waals surface area contributed by atoms with Crippen molar-refractivity contribution in [3.05, 3.63) is 28.7 Å². The van der Waals surface area contributed by atoms with E-state index in [1.54, 1.807) is 0 Å².